The van der Waals surface area contributed by atoms with Crippen LogP contribution in [-0.2, 0) is 6.54 Å². The molecule has 3 N–H and O–H groups in total. The number of benzene rings is 1. The third-order valence-corrected chi connectivity index (χ3v) is 2.19. The molecule has 0 bridgehead atoms. The van der Waals surface area contributed by atoms with Crippen LogP contribution in [0.25, 0.3) is 0 Å². The molecular weight excluding hydrogens is 206 g/mol. The first-order valence-electron chi connectivity index (χ1n) is 4.72. The fourth-order valence-electron chi connectivity index (χ4n) is 1.45. The predicted molar refractivity (Wildman–Crippen MR) is 57.2 cm³/mol. The summed E-state index contributed by atoms with van der Waals surface area (Å²) in [6.07, 6.45) is 3.04. The van der Waals surface area contributed by atoms with Crippen LogP contribution >= 0.6 is 0 Å². The molecule has 1 amide bonds. The summed E-state index contributed by atoms with van der Waals surface area (Å²) in [5, 5.41) is 3.98. The van der Waals surface area contributed by atoms with Crippen molar-refractivity contribution < 1.29 is 4.79 Å². The van der Waals surface area contributed by atoms with E-state index in [1.807, 2.05) is 12.1 Å². The highest BCUT2D eigenvalue weighted by Gasteiger charge is 2.09. The molecule has 0 saturated heterocycles. The molecule has 16 heavy (non-hydrogen) atoms. The van der Waals surface area contributed by atoms with Crippen LogP contribution in [0.15, 0.2) is 36.9 Å². The van der Waals surface area contributed by atoms with E-state index in [1.54, 1.807) is 23.1 Å². The van der Waals surface area contributed by atoms with Crippen LogP contribution < -0.4 is 11.3 Å². The Labute approximate surface area is 92.1 Å². The van der Waals surface area contributed by atoms with Crippen LogP contribution in [0.5, 0.6) is 0 Å². The lowest BCUT2D eigenvalue weighted by Gasteiger charge is -2.07. The number of nitrogens with zero attached hydrogens (tertiary/aromatic N) is 3. The zero-order valence-corrected chi connectivity index (χ0v) is 8.50. The molecule has 0 aliphatic carbocycles. The van der Waals surface area contributed by atoms with Crippen LogP contribution in [0.1, 0.15) is 15.9 Å². The molecule has 1 heterocycles. The number of aromatic nitrogens is 3. The second-order valence-corrected chi connectivity index (χ2v) is 3.22. The van der Waals surface area contributed by atoms with Gasteiger partial charge in [-0.1, -0.05) is 18.2 Å². The van der Waals surface area contributed by atoms with Gasteiger partial charge < -0.3 is 0 Å². The highest BCUT2D eigenvalue weighted by atomic mass is 16.2. The number of carbonyl (C=O) groups is 1. The monoisotopic (exact) mass is 217 g/mol. The number of nitrogen functional groups attached to an aromatic ring is 1. The largest absolute Gasteiger partial charge is 0.290 e. The summed E-state index contributed by atoms with van der Waals surface area (Å²) in [4.78, 5) is 15.3. The van der Waals surface area contributed by atoms with Gasteiger partial charge in [-0.3, -0.25) is 10.2 Å². The summed E-state index contributed by atoms with van der Waals surface area (Å²) in [6.45, 7) is 0.490. The molecule has 0 radical (unpaired) electrons. The minimum atomic E-state index is -0.310. The zero-order chi connectivity index (χ0) is 11.4. The van der Waals surface area contributed by atoms with E-state index in [9.17, 15) is 4.79 Å². The Morgan fingerprint density at radius 2 is 2.25 bits per heavy atom. The van der Waals surface area contributed by atoms with Gasteiger partial charge in [-0.2, -0.15) is 5.10 Å². The summed E-state index contributed by atoms with van der Waals surface area (Å²) >= 11 is 0. The minimum absolute atomic E-state index is 0.310. The Hall–Kier alpha value is -2.21. The standard InChI is InChI=1S/C10H11N5O/c11-14-10(16)9-4-2-1-3-8(9)5-15-7-12-6-13-15/h1-4,6-7H,5,11H2,(H,14,16). The highest BCUT2D eigenvalue weighted by Crippen LogP contribution is 2.09. The van der Waals surface area contributed by atoms with Crippen molar-refractivity contribution in [2.24, 2.45) is 5.84 Å². The molecule has 0 aliphatic rings. The summed E-state index contributed by atoms with van der Waals surface area (Å²) in [5.41, 5.74) is 3.50. The van der Waals surface area contributed by atoms with Gasteiger partial charge in [0.05, 0.1) is 6.54 Å². The van der Waals surface area contributed by atoms with Crippen molar-refractivity contribution in [3.63, 3.8) is 0 Å². The topological polar surface area (TPSA) is 85.8 Å². The number of nitrogens with two attached hydrogens (primary N) is 1. The van der Waals surface area contributed by atoms with Gasteiger partial charge >= 0.3 is 0 Å². The van der Waals surface area contributed by atoms with Gasteiger partial charge in [0.2, 0.25) is 0 Å². The number of hydrogen-bond acceptors (Lipinski definition) is 4. The van der Waals surface area contributed by atoms with E-state index in [4.69, 9.17) is 5.84 Å². The quantitative estimate of drug-likeness (QED) is 0.428. The van der Waals surface area contributed by atoms with Crippen LogP contribution in [0.2, 0.25) is 0 Å². The Kier molecular flexibility index (Phi) is 2.93. The maximum atomic E-state index is 11.5. The van der Waals surface area contributed by atoms with Gasteiger partial charge in [-0.05, 0) is 11.6 Å². The number of nitrogens with one attached hydrogen (secondary N) is 1. The number of hydrogen-bond donors (Lipinski definition) is 2. The highest BCUT2D eigenvalue weighted by molar-refractivity contribution is 5.95. The first-order valence-corrected chi connectivity index (χ1v) is 4.72. The van der Waals surface area contributed by atoms with Crippen molar-refractivity contribution in [3.05, 3.63) is 48.0 Å². The lowest BCUT2D eigenvalue weighted by atomic mass is 10.1. The third-order valence-electron chi connectivity index (χ3n) is 2.19. The molecule has 0 spiro atoms. The van der Waals surface area contributed by atoms with Crippen LogP contribution in [0.3, 0.4) is 0 Å². The van der Waals surface area contributed by atoms with Crippen LogP contribution in [0.4, 0.5) is 0 Å². The SMILES string of the molecule is NNC(=O)c1ccccc1Cn1cncn1. The van der Waals surface area contributed by atoms with Gasteiger partial charge in [-0.15, -0.1) is 0 Å². The molecule has 0 saturated carbocycles. The van der Waals surface area contributed by atoms with Crippen molar-refractivity contribution in [1.82, 2.24) is 20.2 Å². The molecule has 2 rings (SSSR count). The Balaban J connectivity index is 2.30. The van der Waals surface area contributed by atoms with E-state index in [0.717, 1.165) is 5.56 Å². The van der Waals surface area contributed by atoms with Crippen molar-refractivity contribution in [1.29, 1.82) is 0 Å². The minimum Gasteiger partial charge on any atom is -0.290 e. The van der Waals surface area contributed by atoms with Gasteiger partial charge in [0, 0.05) is 5.56 Å². The van der Waals surface area contributed by atoms with E-state index in [1.165, 1.54) is 6.33 Å². The number of hydrazine groups is 1. The smallest absolute Gasteiger partial charge is 0.265 e. The molecule has 6 nitrogen and oxygen atoms in total. The molecule has 0 fully saturated rings. The predicted octanol–water partition coefficient (Wildman–Crippen LogP) is -0.0701. The van der Waals surface area contributed by atoms with E-state index in [-0.39, 0.29) is 5.91 Å². The summed E-state index contributed by atoms with van der Waals surface area (Å²) in [5.74, 6) is 4.80. The average Bonchev–Trinajstić information content (AvgIpc) is 2.82. The first kappa shape index (κ1) is 10.3. The molecule has 6 heteroatoms. The average molecular weight is 217 g/mol. The summed E-state index contributed by atoms with van der Waals surface area (Å²) in [7, 11) is 0. The van der Waals surface area contributed by atoms with Crippen molar-refractivity contribution in [3.8, 4) is 0 Å². The van der Waals surface area contributed by atoms with Gasteiger partial charge in [0.1, 0.15) is 12.7 Å². The van der Waals surface area contributed by atoms with Crippen molar-refractivity contribution in [2.75, 3.05) is 0 Å². The molecule has 2 aromatic rings. The van der Waals surface area contributed by atoms with Gasteiger partial charge in [0.25, 0.3) is 5.91 Å². The first-order chi connectivity index (χ1) is 7.81. The van der Waals surface area contributed by atoms with E-state index in [2.05, 4.69) is 15.5 Å². The fourth-order valence-corrected chi connectivity index (χ4v) is 1.45. The molecule has 0 atom stereocenters. The van der Waals surface area contributed by atoms with E-state index in [0.29, 0.717) is 12.1 Å². The van der Waals surface area contributed by atoms with Crippen LogP contribution in [-0.4, -0.2) is 20.7 Å². The van der Waals surface area contributed by atoms with Crippen LogP contribution in [0, 0.1) is 0 Å². The maximum absolute atomic E-state index is 11.5. The molecule has 0 unspecified atom stereocenters. The second-order valence-electron chi connectivity index (χ2n) is 3.22. The fraction of sp³-hybridized carbons (Fsp3) is 0.100. The Morgan fingerprint density at radius 1 is 1.44 bits per heavy atom. The lowest BCUT2D eigenvalue weighted by molar-refractivity contribution is 0.0952. The van der Waals surface area contributed by atoms with Gasteiger partial charge in [0.15, 0.2) is 0 Å². The van der Waals surface area contributed by atoms with E-state index < -0.39 is 0 Å². The molecular formula is C10H11N5O. The summed E-state index contributed by atoms with van der Waals surface area (Å²) < 4.78 is 1.64. The van der Waals surface area contributed by atoms with Crippen molar-refractivity contribution in [2.45, 2.75) is 6.54 Å². The second kappa shape index (κ2) is 4.54. The molecule has 1 aromatic heterocycles. The number of rotatable bonds is 3. The van der Waals surface area contributed by atoms with Crippen molar-refractivity contribution >= 4 is 5.91 Å². The lowest BCUT2D eigenvalue weighted by Crippen LogP contribution is -2.31. The Morgan fingerprint density at radius 3 is 2.94 bits per heavy atom. The zero-order valence-electron chi connectivity index (χ0n) is 8.50. The number of carbonyl (C=O) groups excluding carboxylic acids is 1. The number of amides is 1. The molecule has 0 aliphatic heterocycles. The molecule has 1 aromatic carbocycles. The molecule has 82 valence electrons. The van der Waals surface area contributed by atoms with E-state index >= 15 is 0 Å². The van der Waals surface area contributed by atoms with Gasteiger partial charge in [-0.25, -0.2) is 15.5 Å². The maximum Gasteiger partial charge on any atom is 0.265 e. The third kappa shape index (κ3) is 2.06. The normalized spacial score (nSPS) is 10.1. The summed E-state index contributed by atoms with van der Waals surface area (Å²) in [6, 6.07) is 7.22. The Bertz CT molecular complexity index is 480.